The smallest absolute Gasteiger partial charge is 0.0556 e. The highest BCUT2D eigenvalue weighted by atomic mass is 15.2. The average Bonchev–Trinajstić information content (AvgIpc) is 3.83. The molecule has 0 saturated carbocycles. The fourth-order valence-electron chi connectivity index (χ4n) is 12.2. The third kappa shape index (κ3) is 6.21. The van der Waals surface area contributed by atoms with Crippen molar-refractivity contribution >= 4 is 22.6 Å². The van der Waals surface area contributed by atoms with E-state index in [4.69, 9.17) is 0 Å². The molecule has 4 aromatic rings. The van der Waals surface area contributed by atoms with Crippen LogP contribution in [0.1, 0.15) is 91.5 Å². The van der Waals surface area contributed by atoms with Crippen LogP contribution in [-0.2, 0) is 5.41 Å². The Labute approximate surface area is 373 Å². The fraction of sp³-hybridized carbons (Fsp3) is 0.213. The third-order valence-corrected chi connectivity index (χ3v) is 14.8. The Morgan fingerprint density at radius 2 is 1.37 bits per heavy atom. The van der Waals surface area contributed by atoms with Crippen LogP contribution in [0.3, 0.4) is 0 Å². The highest BCUT2D eigenvalue weighted by molar-refractivity contribution is 5.97. The molecule has 0 fully saturated rings. The van der Waals surface area contributed by atoms with Gasteiger partial charge in [0.05, 0.1) is 22.8 Å². The quantitative estimate of drug-likeness (QED) is 0.175. The molecule has 0 aromatic heterocycles. The molecule has 0 saturated heterocycles. The Kier molecular flexibility index (Phi) is 9.62. The maximum absolute atomic E-state index is 2.69. The first-order chi connectivity index (χ1) is 31.3. The second kappa shape index (κ2) is 15.9. The van der Waals surface area contributed by atoms with Crippen molar-refractivity contribution in [2.45, 2.75) is 75.2 Å². The monoisotopic (exact) mass is 814 g/mol. The second-order valence-electron chi connectivity index (χ2n) is 18.2. The molecule has 8 aliphatic carbocycles. The van der Waals surface area contributed by atoms with Gasteiger partial charge in [-0.3, -0.25) is 0 Å². The van der Waals surface area contributed by atoms with E-state index in [0.29, 0.717) is 0 Å². The van der Waals surface area contributed by atoms with Crippen LogP contribution in [0.5, 0.6) is 0 Å². The molecule has 0 amide bonds. The van der Waals surface area contributed by atoms with E-state index in [1.54, 1.807) is 0 Å². The van der Waals surface area contributed by atoms with Crippen molar-refractivity contribution in [3.63, 3.8) is 0 Å². The molecule has 4 unspecified atom stereocenters. The number of benzene rings is 4. The molecule has 0 aliphatic heterocycles. The van der Waals surface area contributed by atoms with Gasteiger partial charge in [0, 0.05) is 40.0 Å². The highest BCUT2D eigenvalue weighted by Crippen LogP contribution is 2.67. The Morgan fingerprint density at radius 1 is 0.556 bits per heavy atom. The summed E-state index contributed by atoms with van der Waals surface area (Å²) in [6.07, 6.45) is 54.4. The first-order valence-electron chi connectivity index (χ1n) is 23.5. The molecule has 63 heavy (non-hydrogen) atoms. The van der Waals surface area contributed by atoms with E-state index >= 15 is 0 Å². The number of rotatable bonds is 8. The van der Waals surface area contributed by atoms with E-state index in [2.05, 4.69) is 210 Å². The Morgan fingerprint density at radius 3 is 2.21 bits per heavy atom. The van der Waals surface area contributed by atoms with E-state index in [9.17, 15) is 0 Å². The van der Waals surface area contributed by atoms with Crippen LogP contribution < -0.4 is 9.80 Å². The number of hydrogen-bond acceptors (Lipinski definition) is 2. The minimum atomic E-state index is -0.379. The molecule has 0 radical (unpaired) electrons. The van der Waals surface area contributed by atoms with Crippen LogP contribution in [0.4, 0.5) is 17.1 Å². The second-order valence-corrected chi connectivity index (χ2v) is 18.2. The van der Waals surface area contributed by atoms with Gasteiger partial charge in [0.25, 0.3) is 0 Å². The lowest BCUT2D eigenvalue weighted by atomic mass is 9.65. The molecule has 4 atom stereocenters. The summed E-state index contributed by atoms with van der Waals surface area (Å²) >= 11 is 0. The Balaban J connectivity index is 1.08. The van der Waals surface area contributed by atoms with Crippen molar-refractivity contribution in [2.24, 2.45) is 5.92 Å². The molecule has 2 nitrogen and oxygen atoms in total. The van der Waals surface area contributed by atoms with Crippen LogP contribution in [0, 0.1) is 5.92 Å². The van der Waals surface area contributed by atoms with Gasteiger partial charge >= 0.3 is 0 Å². The molecule has 1 spiro atoms. The molecule has 0 N–H and O–H groups in total. The lowest BCUT2D eigenvalue weighted by molar-refractivity contribution is 0.465. The first-order valence-corrected chi connectivity index (χ1v) is 23.5. The normalized spacial score (nSPS) is 24.5. The lowest BCUT2D eigenvalue weighted by Crippen LogP contribution is -2.35. The molecule has 4 aromatic carbocycles. The third-order valence-electron chi connectivity index (χ3n) is 14.8. The molecule has 0 bridgehead atoms. The van der Waals surface area contributed by atoms with E-state index in [1.807, 2.05) is 0 Å². The SMILES string of the molecule is C1=CCCC(c2ccccc2N(C2=CCCC=C2)c2cccc3c2-c2ccccc2C32c3cc(N(C4=CC(C5=CCCC=C5)=CCC4)C4C=CC=CC4)ccc3C3C=CC=CC32)=C1. The lowest BCUT2D eigenvalue weighted by Gasteiger charge is -2.38. The molecule has 12 rings (SSSR count). The highest BCUT2D eigenvalue weighted by Gasteiger charge is 2.58. The number of fused-ring (bicyclic) bond motifs is 10. The average molecular weight is 815 g/mol. The molecule has 2 heteroatoms. The van der Waals surface area contributed by atoms with Crippen molar-refractivity contribution in [3.05, 3.63) is 251 Å². The summed E-state index contributed by atoms with van der Waals surface area (Å²) in [6, 6.07) is 33.6. The number of para-hydroxylation sites is 1. The van der Waals surface area contributed by atoms with Crippen LogP contribution in [0.2, 0.25) is 0 Å². The van der Waals surface area contributed by atoms with Crippen molar-refractivity contribution in [2.75, 3.05) is 9.80 Å². The van der Waals surface area contributed by atoms with Gasteiger partial charge in [-0.25, -0.2) is 0 Å². The predicted octanol–water partition coefficient (Wildman–Crippen LogP) is 15.5. The predicted molar refractivity (Wildman–Crippen MR) is 265 cm³/mol. The van der Waals surface area contributed by atoms with Crippen LogP contribution in [0.15, 0.2) is 223 Å². The molecule has 0 heterocycles. The molecular weight excluding hydrogens is 761 g/mol. The maximum atomic E-state index is 2.69. The van der Waals surface area contributed by atoms with Gasteiger partial charge in [0.15, 0.2) is 0 Å². The topological polar surface area (TPSA) is 6.48 Å². The van der Waals surface area contributed by atoms with Gasteiger partial charge in [-0.2, -0.15) is 0 Å². The summed E-state index contributed by atoms with van der Waals surface area (Å²) < 4.78 is 0. The summed E-state index contributed by atoms with van der Waals surface area (Å²) in [5.41, 5.74) is 19.9. The van der Waals surface area contributed by atoms with Crippen molar-refractivity contribution in [1.29, 1.82) is 0 Å². The van der Waals surface area contributed by atoms with Crippen molar-refractivity contribution in [1.82, 2.24) is 0 Å². The first kappa shape index (κ1) is 38.1. The summed E-state index contributed by atoms with van der Waals surface area (Å²) in [5, 5.41) is 0. The van der Waals surface area contributed by atoms with E-state index in [1.165, 1.54) is 84.1 Å². The molecular formula is C61H54N2. The minimum Gasteiger partial charge on any atom is -0.338 e. The van der Waals surface area contributed by atoms with E-state index in [-0.39, 0.29) is 23.3 Å². The number of nitrogens with zero attached hydrogens (tertiary/aromatic N) is 2. The largest absolute Gasteiger partial charge is 0.338 e. The Bertz CT molecular complexity index is 2910. The van der Waals surface area contributed by atoms with Crippen molar-refractivity contribution < 1.29 is 0 Å². The van der Waals surface area contributed by atoms with Gasteiger partial charge < -0.3 is 9.80 Å². The van der Waals surface area contributed by atoms with Gasteiger partial charge in [0.1, 0.15) is 0 Å². The van der Waals surface area contributed by atoms with Gasteiger partial charge in [0.2, 0.25) is 0 Å². The summed E-state index contributed by atoms with van der Waals surface area (Å²) in [5.74, 6) is 0.506. The van der Waals surface area contributed by atoms with Crippen LogP contribution >= 0.6 is 0 Å². The summed E-state index contributed by atoms with van der Waals surface area (Å²) in [4.78, 5) is 5.29. The number of anilines is 3. The zero-order chi connectivity index (χ0) is 41.7. The minimum absolute atomic E-state index is 0.235. The van der Waals surface area contributed by atoms with Gasteiger partial charge in [-0.1, -0.05) is 164 Å². The standard InChI is InChI=1S/C61H54N2/c1-5-21-43(22-6-1)45-25-19-30-48(41-45)62(46-26-9-3-10-27-46)49-39-40-52-51-32-13-16-34-54(51)61(57(52)42-49)55-35-17-14-33-53(55)60-56(61)36-20-38-59(60)63(47-28-11-4-12-29-47)58-37-18-15-31-50(58)44-23-7-2-8-24-44/h2-3,5,7,9-11,13-18,20-23,25-26,28-29,31-42,46,51,54H,1,4,6,8,12,19,24,27,30H2. The summed E-state index contributed by atoms with van der Waals surface area (Å²) in [6.45, 7) is 0. The maximum Gasteiger partial charge on any atom is 0.0556 e. The van der Waals surface area contributed by atoms with E-state index < -0.39 is 0 Å². The molecule has 8 aliphatic rings. The van der Waals surface area contributed by atoms with Gasteiger partial charge in [-0.15, -0.1) is 0 Å². The van der Waals surface area contributed by atoms with Crippen LogP contribution in [-0.4, -0.2) is 6.04 Å². The van der Waals surface area contributed by atoms with E-state index in [0.717, 1.165) is 57.8 Å². The van der Waals surface area contributed by atoms with Gasteiger partial charge in [-0.05, 0) is 139 Å². The zero-order valence-electron chi connectivity index (χ0n) is 36.0. The summed E-state index contributed by atoms with van der Waals surface area (Å²) in [7, 11) is 0. The zero-order valence-corrected chi connectivity index (χ0v) is 36.0. The van der Waals surface area contributed by atoms with Crippen LogP contribution in [0.25, 0.3) is 16.7 Å². The fourth-order valence-corrected chi connectivity index (χ4v) is 12.2. The van der Waals surface area contributed by atoms with Crippen molar-refractivity contribution in [3.8, 4) is 11.1 Å². The molecule has 308 valence electrons. The number of allylic oxidation sites excluding steroid dienone is 21. The Hall–Kier alpha value is -6.64. The number of hydrogen-bond donors (Lipinski definition) is 0.